The van der Waals surface area contributed by atoms with Crippen molar-refractivity contribution in [1.29, 1.82) is 0 Å². The largest absolute Gasteiger partial charge is 0.337 e. The molecule has 2 aromatic carbocycles. The van der Waals surface area contributed by atoms with E-state index in [2.05, 4.69) is 36.1 Å². The normalized spacial score (nSPS) is 11.2. The molecule has 2 heterocycles. The minimum Gasteiger partial charge on any atom is -0.337 e. The average Bonchev–Trinajstić information content (AvgIpc) is 3.11. The highest BCUT2D eigenvalue weighted by molar-refractivity contribution is 6.36. The Kier molecular flexibility index (Phi) is 5.05. The molecule has 2 N–H and O–H groups in total. The molecule has 4 aromatic rings. The van der Waals surface area contributed by atoms with Crippen LogP contribution in [0.4, 0.5) is 17.3 Å². The molecule has 0 unspecified atom stereocenters. The van der Waals surface area contributed by atoms with Gasteiger partial charge in [0, 0.05) is 16.3 Å². The molecule has 0 spiro atoms. The topological polar surface area (TPSA) is 101 Å². The lowest BCUT2D eigenvalue weighted by Gasteiger charge is -2.09. The molecule has 10 heteroatoms. The van der Waals surface area contributed by atoms with E-state index in [1.54, 1.807) is 24.4 Å². The van der Waals surface area contributed by atoms with Crippen LogP contribution in [0.5, 0.6) is 0 Å². The molecule has 0 amide bonds. The van der Waals surface area contributed by atoms with E-state index in [4.69, 9.17) is 27.8 Å². The maximum atomic E-state index is 6.15. The Balaban J connectivity index is 1.64. The summed E-state index contributed by atoms with van der Waals surface area (Å²) in [7, 11) is 0. The highest BCUT2D eigenvalue weighted by Crippen LogP contribution is 2.24. The summed E-state index contributed by atoms with van der Waals surface area (Å²) < 4.78 is 4.70. The summed E-state index contributed by atoms with van der Waals surface area (Å²) in [6.07, 6.45) is 1.56. The number of hydrogen-bond donors (Lipinski definition) is 2. The highest BCUT2D eigenvalue weighted by atomic mass is 35.5. The first-order valence-electron chi connectivity index (χ1n) is 8.16. The minimum atomic E-state index is 0.261. The molecular weight excluding hydrogens is 401 g/mol. The highest BCUT2D eigenvalue weighted by Gasteiger charge is 2.13. The van der Waals surface area contributed by atoms with Gasteiger partial charge in [-0.2, -0.15) is 10.1 Å². The first-order chi connectivity index (χ1) is 13.6. The molecule has 0 saturated carbocycles. The van der Waals surface area contributed by atoms with Crippen molar-refractivity contribution >= 4 is 58.0 Å². The number of aryl methyl sites for hydroxylation is 1. The summed E-state index contributed by atoms with van der Waals surface area (Å²) in [5.41, 5.74) is 6.04. The molecule has 4 rings (SSSR count). The summed E-state index contributed by atoms with van der Waals surface area (Å²) in [5, 5.41) is 15.9. The van der Waals surface area contributed by atoms with Crippen LogP contribution >= 0.6 is 23.2 Å². The SMILES string of the molecule is Cc1cccc(Nc2nc3nonc3nc2N/N=C/c2ccc(Cl)cc2Cl)c1. The second-order valence-corrected chi connectivity index (χ2v) is 6.71. The third kappa shape index (κ3) is 4.03. The number of benzene rings is 2. The monoisotopic (exact) mass is 413 g/mol. The molecule has 28 heavy (non-hydrogen) atoms. The molecule has 0 atom stereocenters. The Morgan fingerprint density at radius 2 is 1.79 bits per heavy atom. The first-order valence-corrected chi connectivity index (χ1v) is 8.92. The van der Waals surface area contributed by atoms with Crippen LogP contribution in [0.1, 0.15) is 11.1 Å². The third-order valence-electron chi connectivity index (χ3n) is 3.73. The Morgan fingerprint density at radius 1 is 1.00 bits per heavy atom. The molecular formula is C18H13Cl2N7O. The van der Waals surface area contributed by atoms with Gasteiger partial charge in [0.1, 0.15) is 0 Å². The Hall–Kier alpha value is -3.23. The van der Waals surface area contributed by atoms with Crippen LogP contribution in [0.2, 0.25) is 10.0 Å². The predicted molar refractivity (Wildman–Crippen MR) is 110 cm³/mol. The number of rotatable bonds is 5. The average molecular weight is 414 g/mol. The van der Waals surface area contributed by atoms with Gasteiger partial charge in [0.25, 0.3) is 0 Å². The molecule has 140 valence electrons. The van der Waals surface area contributed by atoms with Crippen LogP contribution in [-0.2, 0) is 0 Å². The standard InChI is InChI=1S/C18H13Cl2N7O/c1-10-3-2-4-13(7-10)22-15-16(24-18-17(23-15)26-28-27-18)25-21-9-11-5-6-12(19)8-14(11)20/h2-9H,1H3,(H,22,23,26)(H,24,25,27)/b21-9+. The summed E-state index contributed by atoms with van der Waals surface area (Å²) in [6, 6.07) is 13.0. The zero-order valence-electron chi connectivity index (χ0n) is 14.5. The number of nitrogens with zero attached hydrogens (tertiary/aromatic N) is 5. The van der Waals surface area contributed by atoms with Gasteiger partial charge in [-0.3, -0.25) is 5.43 Å². The van der Waals surface area contributed by atoms with Gasteiger partial charge in [0.15, 0.2) is 11.6 Å². The van der Waals surface area contributed by atoms with Gasteiger partial charge >= 0.3 is 0 Å². The third-order valence-corrected chi connectivity index (χ3v) is 4.29. The Labute approximate surface area is 169 Å². The first kappa shape index (κ1) is 18.1. The van der Waals surface area contributed by atoms with Crippen molar-refractivity contribution in [3.63, 3.8) is 0 Å². The van der Waals surface area contributed by atoms with Gasteiger partial charge in [0.2, 0.25) is 11.3 Å². The Morgan fingerprint density at radius 3 is 2.54 bits per heavy atom. The van der Waals surface area contributed by atoms with E-state index in [0.717, 1.165) is 11.3 Å². The van der Waals surface area contributed by atoms with E-state index in [-0.39, 0.29) is 11.3 Å². The van der Waals surface area contributed by atoms with E-state index in [9.17, 15) is 0 Å². The van der Waals surface area contributed by atoms with Crippen LogP contribution in [0.25, 0.3) is 11.3 Å². The fourth-order valence-corrected chi connectivity index (χ4v) is 2.89. The fraction of sp³-hybridized carbons (Fsp3) is 0.0556. The number of hydrazone groups is 1. The van der Waals surface area contributed by atoms with Crippen LogP contribution in [0.3, 0.4) is 0 Å². The van der Waals surface area contributed by atoms with E-state index in [1.165, 1.54) is 0 Å². The maximum Gasteiger partial charge on any atom is 0.245 e. The van der Waals surface area contributed by atoms with Gasteiger partial charge in [0.05, 0.1) is 11.2 Å². The second-order valence-electron chi connectivity index (χ2n) is 5.86. The van der Waals surface area contributed by atoms with E-state index >= 15 is 0 Å². The zero-order valence-corrected chi connectivity index (χ0v) is 16.0. The van der Waals surface area contributed by atoms with Crippen molar-refractivity contribution < 1.29 is 4.63 Å². The fourth-order valence-electron chi connectivity index (χ4n) is 2.43. The van der Waals surface area contributed by atoms with Crippen molar-refractivity contribution in [1.82, 2.24) is 20.3 Å². The zero-order chi connectivity index (χ0) is 19.5. The van der Waals surface area contributed by atoms with Gasteiger partial charge in [-0.15, -0.1) is 0 Å². The smallest absolute Gasteiger partial charge is 0.245 e. The molecule has 0 aliphatic heterocycles. The molecule has 0 saturated heterocycles. The lowest BCUT2D eigenvalue weighted by atomic mass is 10.2. The van der Waals surface area contributed by atoms with Gasteiger partial charge in [-0.1, -0.05) is 41.4 Å². The molecule has 0 aliphatic carbocycles. The van der Waals surface area contributed by atoms with Crippen LogP contribution < -0.4 is 10.7 Å². The van der Waals surface area contributed by atoms with E-state index in [1.807, 2.05) is 31.2 Å². The summed E-state index contributed by atoms with van der Waals surface area (Å²) in [5.74, 6) is 0.777. The summed E-state index contributed by atoms with van der Waals surface area (Å²) in [6.45, 7) is 2.00. The number of fused-ring (bicyclic) bond motifs is 1. The van der Waals surface area contributed by atoms with Gasteiger partial charge in [-0.25, -0.2) is 9.61 Å². The predicted octanol–water partition coefficient (Wildman–Crippen LogP) is 4.82. The van der Waals surface area contributed by atoms with E-state index in [0.29, 0.717) is 27.2 Å². The lowest BCUT2D eigenvalue weighted by molar-refractivity contribution is 0.314. The van der Waals surface area contributed by atoms with Crippen molar-refractivity contribution in [3.8, 4) is 0 Å². The number of nitrogens with one attached hydrogen (secondary N) is 2. The van der Waals surface area contributed by atoms with Gasteiger partial charge < -0.3 is 5.32 Å². The van der Waals surface area contributed by atoms with Crippen molar-refractivity contribution in [3.05, 3.63) is 63.6 Å². The number of halogens is 2. The molecule has 8 nitrogen and oxygen atoms in total. The number of hydrogen-bond acceptors (Lipinski definition) is 8. The number of aromatic nitrogens is 4. The molecule has 0 bridgehead atoms. The van der Waals surface area contributed by atoms with Crippen LogP contribution in [0.15, 0.2) is 52.2 Å². The summed E-state index contributed by atoms with van der Waals surface area (Å²) in [4.78, 5) is 8.74. The molecule has 0 fully saturated rings. The maximum absolute atomic E-state index is 6.15. The van der Waals surface area contributed by atoms with Gasteiger partial charge in [-0.05, 0) is 47.1 Å². The molecule has 0 radical (unpaired) electrons. The van der Waals surface area contributed by atoms with Crippen molar-refractivity contribution in [2.24, 2.45) is 5.10 Å². The second kappa shape index (κ2) is 7.79. The number of anilines is 3. The lowest BCUT2D eigenvalue weighted by Crippen LogP contribution is -2.03. The quantitative estimate of drug-likeness (QED) is 0.357. The van der Waals surface area contributed by atoms with Crippen LogP contribution in [-0.4, -0.2) is 26.5 Å². The summed E-state index contributed by atoms with van der Waals surface area (Å²) >= 11 is 12.1. The van der Waals surface area contributed by atoms with E-state index < -0.39 is 0 Å². The minimum absolute atomic E-state index is 0.261. The van der Waals surface area contributed by atoms with Crippen LogP contribution in [0, 0.1) is 6.92 Å². The Bertz CT molecular complexity index is 1180. The molecule has 0 aliphatic rings. The van der Waals surface area contributed by atoms with Crippen molar-refractivity contribution in [2.75, 3.05) is 10.7 Å². The van der Waals surface area contributed by atoms with Crippen molar-refractivity contribution in [2.45, 2.75) is 6.92 Å². The molecule has 2 aromatic heterocycles.